The van der Waals surface area contributed by atoms with Crippen molar-refractivity contribution in [2.45, 2.75) is 120 Å². The van der Waals surface area contributed by atoms with Gasteiger partial charge in [-0.1, -0.05) is 32.9 Å². The Balaban J connectivity index is 1.99. The van der Waals surface area contributed by atoms with Crippen molar-refractivity contribution in [2.24, 2.45) is 17.3 Å². The summed E-state index contributed by atoms with van der Waals surface area (Å²) in [4.78, 5) is 46.5. The lowest BCUT2D eigenvalue weighted by Crippen LogP contribution is -2.60. The summed E-state index contributed by atoms with van der Waals surface area (Å²) in [7, 11) is 0. The van der Waals surface area contributed by atoms with Gasteiger partial charge in [0.05, 0.1) is 23.2 Å². The van der Waals surface area contributed by atoms with Gasteiger partial charge in [0.1, 0.15) is 6.04 Å². The summed E-state index contributed by atoms with van der Waals surface area (Å²) in [6.07, 6.45) is 10.6. The van der Waals surface area contributed by atoms with Crippen LogP contribution in [0.15, 0.2) is 25.3 Å². The van der Waals surface area contributed by atoms with Gasteiger partial charge in [0, 0.05) is 30.0 Å². The van der Waals surface area contributed by atoms with Gasteiger partial charge in [-0.05, 0) is 84.0 Å². The number of amides is 2. The van der Waals surface area contributed by atoms with E-state index in [1.165, 1.54) is 0 Å². The van der Waals surface area contributed by atoms with Crippen molar-refractivity contribution in [3.8, 4) is 0 Å². The number of rotatable bonds is 16. The number of thioether (sulfide) groups is 1. The minimum Gasteiger partial charge on any atom is -0.465 e. The van der Waals surface area contributed by atoms with Crippen molar-refractivity contribution in [1.82, 2.24) is 9.80 Å². The molecule has 5 atom stereocenters. The number of allylic oxidation sites excluding steroid dienone is 1. The molecule has 0 aromatic carbocycles. The van der Waals surface area contributed by atoms with E-state index in [-0.39, 0.29) is 29.8 Å². The Morgan fingerprint density at radius 2 is 1.80 bits per heavy atom. The number of hydrogen-bond donors (Lipinski definition) is 1. The van der Waals surface area contributed by atoms with Gasteiger partial charge in [-0.3, -0.25) is 14.4 Å². The molecule has 41 heavy (non-hydrogen) atoms. The minimum absolute atomic E-state index is 0.00589. The van der Waals surface area contributed by atoms with E-state index in [0.29, 0.717) is 32.5 Å². The van der Waals surface area contributed by atoms with E-state index in [9.17, 15) is 19.5 Å². The lowest BCUT2D eigenvalue weighted by molar-refractivity contribution is -0.155. The number of carbonyl (C=O) groups excluding carboxylic acids is 3. The number of unbranched alkanes of at least 4 members (excludes halogenated alkanes) is 4. The predicted molar refractivity (Wildman–Crippen MR) is 166 cm³/mol. The molecule has 232 valence electrons. The predicted octanol–water partition coefficient (Wildman–Crippen LogP) is 5.76. The molecule has 3 heterocycles. The van der Waals surface area contributed by atoms with Gasteiger partial charge in [0.25, 0.3) is 0 Å². The van der Waals surface area contributed by atoms with E-state index in [4.69, 9.17) is 4.74 Å². The Kier molecular flexibility index (Phi) is 10.9. The molecule has 0 aromatic rings. The van der Waals surface area contributed by atoms with Gasteiger partial charge < -0.3 is 19.6 Å². The first-order chi connectivity index (χ1) is 19.2. The van der Waals surface area contributed by atoms with E-state index in [2.05, 4.69) is 54.7 Å². The molecular weight excluding hydrogens is 536 g/mol. The maximum absolute atomic E-state index is 14.8. The first kappa shape index (κ1) is 33.7. The van der Waals surface area contributed by atoms with Crippen LogP contribution < -0.4 is 0 Å². The number of fused-ring (bicyclic) bond motifs is 1. The monoisotopic (exact) mass is 590 g/mol. The Hall–Kier alpha value is -1.80. The number of hydrogen-bond acceptors (Lipinski definition) is 6. The van der Waals surface area contributed by atoms with Crippen LogP contribution in [-0.2, 0) is 19.1 Å². The van der Waals surface area contributed by atoms with Crippen LogP contribution in [-0.4, -0.2) is 80.1 Å². The minimum atomic E-state index is -0.663. The summed E-state index contributed by atoms with van der Waals surface area (Å²) in [6.45, 7) is 21.8. The second kappa shape index (κ2) is 13.2. The molecule has 2 amide bonds. The van der Waals surface area contributed by atoms with Crippen LogP contribution in [0.25, 0.3) is 0 Å². The third kappa shape index (κ3) is 6.90. The maximum Gasteiger partial charge on any atom is 0.311 e. The van der Waals surface area contributed by atoms with E-state index in [0.717, 1.165) is 44.9 Å². The zero-order valence-electron chi connectivity index (χ0n) is 26.4. The van der Waals surface area contributed by atoms with Gasteiger partial charge in [-0.15, -0.1) is 24.9 Å². The summed E-state index contributed by atoms with van der Waals surface area (Å²) >= 11 is 1.69. The Bertz CT molecular complexity index is 991. The lowest BCUT2D eigenvalue weighted by atomic mass is 9.66. The second-order valence-electron chi connectivity index (χ2n) is 14.3. The molecule has 8 heteroatoms. The molecule has 2 bridgehead atoms. The summed E-state index contributed by atoms with van der Waals surface area (Å²) in [5.41, 5.74) is -0.465. The molecule has 2 unspecified atom stereocenters. The van der Waals surface area contributed by atoms with Crippen LogP contribution in [0.3, 0.4) is 0 Å². The van der Waals surface area contributed by atoms with E-state index >= 15 is 0 Å². The molecule has 3 fully saturated rings. The number of aliphatic hydroxyl groups is 1. The summed E-state index contributed by atoms with van der Waals surface area (Å²) in [5, 5.41) is 9.31. The smallest absolute Gasteiger partial charge is 0.311 e. The quantitative estimate of drug-likeness (QED) is 0.140. The number of aliphatic hydroxyl groups excluding tert-OH is 1. The molecule has 7 nitrogen and oxygen atoms in total. The largest absolute Gasteiger partial charge is 0.465 e. The molecule has 0 saturated carbocycles. The Labute approximate surface area is 252 Å². The fourth-order valence-corrected chi connectivity index (χ4v) is 10.2. The summed E-state index contributed by atoms with van der Waals surface area (Å²) in [6, 6.07) is -0.648. The van der Waals surface area contributed by atoms with Gasteiger partial charge in [-0.25, -0.2) is 0 Å². The SMILES string of the molecule is C=CCCCCOC(=O)[C@H]1[C@H]2C(=O)N(CCCCCO)C(C(=O)N(CC=C)C(C)(C)CC(C)(C)C)C23CC[C@]1(C)S3. The fourth-order valence-electron chi connectivity index (χ4n) is 7.83. The van der Waals surface area contributed by atoms with Crippen molar-refractivity contribution < 1.29 is 24.2 Å². The molecule has 0 aliphatic carbocycles. The lowest BCUT2D eigenvalue weighted by Gasteiger charge is -2.46. The molecule has 3 saturated heterocycles. The number of esters is 1. The van der Waals surface area contributed by atoms with Crippen LogP contribution in [0, 0.1) is 17.3 Å². The van der Waals surface area contributed by atoms with Crippen molar-refractivity contribution in [3.05, 3.63) is 25.3 Å². The highest BCUT2D eigenvalue weighted by Gasteiger charge is 2.77. The van der Waals surface area contributed by atoms with Crippen molar-refractivity contribution >= 4 is 29.5 Å². The van der Waals surface area contributed by atoms with E-state index in [1.807, 2.05) is 11.0 Å². The van der Waals surface area contributed by atoms with Crippen molar-refractivity contribution in [2.75, 3.05) is 26.3 Å². The topological polar surface area (TPSA) is 87.1 Å². The number of likely N-dealkylation sites (tertiary alicyclic amines) is 1. The average Bonchev–Trinajstić information content (AvgIpc) is 3.43. The number of nitrogens with zero attached hydrogens (tertiary/aromatic N) is 2. The molecule has 3 aliphatic heterocycles. The third-order valence-corrected chi connectivity index (χ3v) is 11.1. The van der Waals surface area contributed by atoms with Gasteiger partial charge in [-0.2, -0.15) is 0 Å². The van der Waals surface area contributed by atoms with Crippen LogP contribution in [0.4, 0.5) is 0 Å². The standard InChI is InChI=1S/C33H54N2O5S/c1-9-11-12-16-22-40-29(39)25-24-27(37)34(20-14-13-15-21-36)26(33(24)18-17-32(25,8)41-33)28(38)35(19-10-2)31(6,7)23-30(3,4)5/h9-10,24-26,36H,1-2,11-23H2,3-8H3/t24-,25+,26?,32-,33?/m0/s1. The third-order valence-electron chi connectivity index (χ3n) is 9.14. The second-order valence-corrected chi connectivity index (χ2v) is 16.2. The first-order valence-electron chi connectivity index (χ1n) is 15.5. The summed E-state index contributed by atoms with van der Waals surface area (Å²) < 4.78 is 4.69. The zero-order chi connectivity index (χ0) is 30.6. The van der Waals surface area contributed by atoms with Gasteiger partial charge >= 0.3 is 5.97 Å². The normalized spacial score (nSPS) is 29.0. The van der Waals surface area contributed by atoms with Crippen LogP contribution in [0.1, 0.15) is 99.3 Å². The molecule has 3 aliphatic rings. The first-order valence-corrected chi connectivity index (χ1v) is 16.3. The molecule has 0 radical (unpaired) electrons. The highest BCUT2D eigenvalue weighted by molar-refractivity contribution is 8.02. The Morgan fingerprint density at radius 1 is 1.10 bits per heavy atom. The van der Waals surface area contributed by atoms with E-state index < -0.39 is 32.9 Å². The van der Waals surface area contributed by atoms with Gasteiger partial charge in [0.15, 0.2) is 0 Å². The Morgan fingerprint density at radius 3 is 2.41 bits per heavy atom. The average molecular weight is 591 g/mol. The molecule has 1 spiro atoms. The van der Waals surface area contributed by atoms with Crippen LogP contribution in [0.2, 0.25) is 0 Å². The molecular formula is C33H54N2O5S. The molecule has 3 rings (SSSR count). The maximum atomic E-state index is 14.8. The zero-order valence-corrected chi connectivity index (χ0v) is 27.2. The van der Waals surface area contributed by atoms with Crippen molar-refractivity contribution in [3.63, 3.8) is 0 Å². The molecule has 1 N–H and O–H groups in total. The van der Waals surface area contributed by atoms with Crippen LogP contribution in [0.5, 0.6) is 0 Å². The number of ether oxygens (including phenoxy) is 1. The summed E-state index contributed by atoms with van der Waals surface area (Å²) in [5.74, 6) is -1.59. The van der Waals surface area contributed by atoms with Crippen molar-refractivity contribution in [1.29, 1.82) is 0 Å². The van der Waals surface area contributed by atoms with Gasteiger partial charge in [0.2, 0.25) is 11.8 Å². The highest BCUT2D eigenvalue weighted by Crippen LogP contribution is 2.71. The fraction of sp³-hybridized carbons (Fsp3) is 0.788. The highest BCUT2D eigenvalue weighted by atomic mass is 32.2. The molecule has 0 aromatic heterocycles. The van der Waals surface area contributed by atoms with E-state index in [1.54, 1.807) is 22.7 Å². The number of carbonyl (C=O) groups is 3. The van der Waals surface area contributed by atoms with Crippen LogP contribution >= 0.6 is 11.8 Å².